The number of rotatable bonds is 11. The minimum atomic E-state index is 0. The highest BCUT2D eigenvalue weighted by atomic mass is 35.5. The zero-order chi connectivity index (χ0) is 18.6. The molecule has 1 aliphatic rings. The summed E-state index contributed by atoms with van der Waals surface area (Å²) in [6.45, 7) is 2.98. The maximum Gasteiger partial charge on any atom is 0.0619 e. The second-order valence-electron chi connectivity index (χ2n) is 7.46. The lowest BCUT2D eigenvalue weighted by molar-refractivity contribution is 0.112. The molecule has 0 aromatic heterocycles. The van der Waals surface area contributed by atoms with Crippen molar-refractivity contribution < 1.29 is 4.74 Å². The molecule has 28 heavy (non-hydrogen) atoms. The number of ether oxygens (including phenoxy) is 1. The van der Waals surface area contributed by atoms with Crippen molar-refractivity contribution in [2.45, 2.75) is 51.0 Å². The van der Waals surface area contributed by atoms with Crippen molar-refractivity contribution in [2.24, 2.45) is 0 Å². The molecule has 2 nitrogen and oxygen atoms in total. The summed E-state index contributed by atoms with van der Waals surface area (Å²) in [5, 5.41) is 3.47. The molecule has 152 valence electrons. The van der Waals surface area contributed by atoms with E-state index in [2.05, 4.69) is 72.1 Å². The molecule has 0 unspecified atom stereocenters. The van der Waals surface area contributed by atoms with Gasteiger partial charge in [0.25, 0.3) is 0 Å². The van der Waals surface area contributed by atoms with E-state index in [9.17, 15) is 0 Å². The van der Waals surface area contributed by atoms with E-state index in [1.165, 1.54) is 61.8 Å². The maximum absolute atomic E-state index is 5.77. The topological polar surface area (TPSA) is 21.3 Å². The van der Waals surface area contributed by atoms with Gasteiger partial charge in [0.15, 0.2) is 0 Å². The first kappa shape index (κ1) is 22.7. The second kappa shape index (κ2) is 13.5. The van der Waals surface area contributed by atoms with Crippen molar-refractivity contribution in [3.05, 3.63) is 66.2 Å². The third-order valence-electron chi connectivity index (χ3n) is 5.22. The third kappa shape index (κ3) is 8.18. The molecule has 0 amide bonds. The number of hydrogen-bond donors (Lipinski definition) is 1. The van der Waals surface area contributed by atoms with Gasteiger partial charge in [-0.15, -0.1) is 12.4 Å². The van der Waals surface area contributed by atoms with E-state index < -0.39 is 0 Å². The molecule has 2 aromatic rings. The summed E-state index contributed by atoms with van der Waals surface area (Å²) in [4.78, 5) is 0. The Balaban J connectivity index is 0.00000280. The van der Waals surface area contributed by atoms with E-state index in [1.807, 2.05) is 0 Å². The molecule has 1 heterocycles. The Morgan fingerprint density at radius 2 is 1.64 bits per heavy atom. The lowest BCUT2D eigenvalue weighted by Gasteiger charge is -2.10. The zero-order valence-corrected chi connectivity index (χ0v) is 17.6. The first-order chi connectivity index (χ1) is 13.4. The molecule has 0 radical (unpaired) electrons. The minimum absolute atomic E-state index is 0. The van der Waals surface area contributed by atoms with Crippen LogP contribution in [-0.4, -0.2) is 25.8 Å². The SMILES string of the molecule is C(=C\c1ccc(-c2ccccc2)cc1)/CCCCCCOC[C@@H]1CCCN1.Cl. The fourth-order valence-corrected chi connectivity index (χ4v) is 3.58. The quantitative estimate of drug-likeness (QED) is 0.435. The number of halogens is 1. The summed E-state index contributed by atoms with van der Waals surface area (Å²) in [6.07, 6.45) is 13.3. The highest BCUT2D eigenvalue weighted by Crippen LogP contribution is 2.19. The lowest BCUT2D eigenvalue weighted by Crippen LogP contribution is -2.26. The number of allylic oxidation sites excluding steroid dienone is 1. The second-order valence-corrected chi connectivity index (χ2v) is 7.46. The minimum Gasteiger partial charge on any atom is -0.380 e. The van der Waals surface area contributed by atoms with Crippen LogP contribution in [0.3, 0.4) is 0 Å². The molecular weight excluding hydrogens is 366 g/mol. The molecule has 1 aliphatic heterocycles. The summed E-state index contributed by atoms with van der Waals surface area (Å²) in [7, 11) is 0. The van der Waals surface area contributed by atoms with Crippen LogP contribution in [0.5, 0.6) is 0 Å². The molecule has 1 atom stereocenters. The van der Waals surface area contributed by atoms with Crippen LogP contribution >= 0.6 is 12.4 Å². The lowest BCUT2D eigenvalue weighted by atomic mass is 10.0. The summed E-state index contributed by atoms with van der Waals surface area (Å²) < 4.78 is 5.77. The fraction of sp³-hybridized carbons (Fsp3) is 0.440. The van der Waals surface area contributed by atoms with E-state index in [4.69, 9.17) is 4.74 Å². The van der Waals surface area contributed by atoms with Gasteiger partial charge in [0.2, 0.25) is 0 Å². The Labute approximate surface area is 176 Å². The molecular formula is C25H34ClNO. The van der Waals surface area contributed by atoms with Gasteiger partial charge in [-0.3, -0.25) is 0 Å². The standard InChI is InChI=1S/C25H33NO.ClH/c1(2-4-9-20-27-21-25-14-10-19-26-25)3-6-11-22-15-17-24(18-16-22)23-12-7-5-8-13-23;/h5-8,11-13,15-18,25-26H,1-4,9-10,14,19-21H2;1H/b11-6+;/t25-;/m0./s1. The van der Waals surface area contributed by atoms with Crippen LogP contribution in [0.25, 0.3) is 17.2 Å². The number of benzene rings is 2. The predicted molar refractivity (Wildman–Crippen MR) is 123 cm³/mol. The average Bonchev–Trinajstić information content (AvgIpc) is 3.24. The van der Waals surface area contributed by atoms with Gasteiger partial charge in [0, 0.05) is 12.6 Å². The van der Waals surface area contributed by atoms with Gasteiger partial charge in [-0.05, 0) is 55.3 Å². The van der Waals surface area contributed by atoms with Crippen LogP contribution in [0, 0.1) is 0 Å². The normalized spacial score (nSPS) is 16.4. The molecule has 1 N–H and O–H groups in total. The van der Waals surface area contributed by atoms with Crippen LogP contribution in [-0.2, 0) is 4.74 Å². The molecule has 0 spiro atoms. The third-order valence-corrected chi connectivity index (χ3v) is 5.22. The Bertz CT molecular complexity index is 663. The monoisotopic (exact) mass is 399 g/mol. The highest BCUT2D eigenvalue weighted by molar-refractivity contribution is 5.85. The Morgan fingerprint density at radius 3 is 2.39 bits per heavy atom. The first-order valence-corrected chi connectivity index (χ1v) is 10.5. The molecule has 0 bridgehead atoms. The summed E-state index contributed by atoms with van der Waals surface area (Å²) in [5.74, 6) is 0. The zero-order valence-electron chi connectivity index (χ0n) is 16.8. The van der Waals surface area contributed by atoms with Gasteiger partial charge in [-0.2, -0.15) is 0 Å². The van der Waals surface area contributed by atoms with Crippen LogP contribution in [0.4, 0.5) is 0 Å². The number of unbranched alkanes of at least 4 members (excludes halogenated alkanes) is 4. The van der Waals surface area contributed by atoms with E-state index in [1.54, 1.807) is 0 Å². The molecule has 1 fully saturated rings. The van der Waals surface area contributed by atoms with Crippen molar-refractivity contribution in [3.8, 4) is 11.1 Å². The Hall–Kier alpha value is -1.61. The van der Waals surface area contributed by atoms with Crippen molar-refractivity contribution >= 4 is 18.5 Å². The Kier molecular flexibility index (Phi) is 11.0. The summed E-state index contributed by atoms with van der Waals surface area (Å²) >= 11 is 0. The van der Waals surface area contributed by atoms with E-state index in [0.717, 1.165) is 19.6 Å². The largest absolute Gasteiger partial charge is 0.380 e. The van der Waals surface area contributed by atoms with Crippen LogP contribution in [0.15, 0.2) is 60.7 Å². The Morgan fingerprint density at radius 1 is 0.893 bits per heavy atom. The summed E-state index contributed by atoms with van der Waals surface area (Å²) in [5.41, 5.74) is 3.83. The van der Waals surface area contributed by atoms with E-state index in [0.29, 0.717) is 6.04 Å². The average molecular weight is 400 g/mol. The smallest absolute Gasteiger partial charge is 0.0619 e. The van der Waals surface area contributed by atoms with E-state index in [-0.39, 0.29) is 12.4 Å². The fourth-order valence-electron chi connectivity index (χ4n) is 3.58. The van der Waals surface area contributed by atoms with E-state index >= 15 is 0 Å². The molecule has 1 saturated heterocycles. The van der Waals surface area contributed by atoms with Crippen molar-refractivity contribution in [3.63, 3.8) is 0 Å². The molecule has 0 saturated carbocycles. The van der Waals surface area contributed by atoms with Crippen LogP contribution in [0.2, 0.25) is 0 Å². The van der Waals surface area contributed by atoms with Gasteiger partial charge >= 0.3 is 0 Å². The van der Waals surface area contributed by atoms with Crippen molar-refractivity contribution in [1.29, 1.82) is 0 Å². The molecule has 3 rings (SSSR count). The molecule has 3 heteroatoms. The van der Waals surface area contributed by atoms with Crippen LogP contribution in [0.1, 0.15) is 50.5 Å². The number of hydrogen-bond acceptors (Lipinski definition) is 2. The summed E-state index contributed by atoms with van der Waals surface area (Å²) in [6, 6.07) is 20.0. The van der Waals surface area contributed by atoms with Gasteiger partial charge < -0.3 is 10.1 Å². The van der Waals surface area contributed by atoms with Crippen LogP contribution < -0.4 is 5.32 Å². The van der Waals surface area contributed by atoms with Gasteiger partial charge in [0.05, 0.1) is 6.61 Å². The van der Waals surface area contributed by atoms with Gasteiger partial charge in [-0.25, -0.2) is 0 Å². The maximum atomic E-state index is 5.77. The molecule has 0 aliphatic carbocycles. The van der Waals surface area contributed by atoms with Gasteiger partial charge in [0.1, 0.15) is 0 Å². The molecule has 2 aromatic carbocycles. The van der Waals surface area contributed by atoms with Crippen molar-refractivity contribution in [1.82, 2.24) is 5.32 Å². The number of nitrogens with one attached hydrogen (secondary N) is 1. The van der Waals surface area contributed by atoms with Crippen molar-refractivity contribution in [2.75, 3.05) is 19.8 Å². The van der Waals surface area contributed by atoms with Gasteiger partial charge in [-0.1, -0.05) is 79.6 Å². The highest BCUT2D eigenvalue weighted by Gasteiger charge is 2.13. The first-order valence-electron chi connectivity index (χ1n) is 10.5. The predicted octanol–water partition coefficient (Wildman–Crippen LogP) is 6.51.